The second-order valence-electron chi connectivity index (χ2n) is 7.67. The van der Waals surface area contributed by atoms with Gasteiger partial charge in [0.1, 0.15) is 11.6 Å². The van der Waals surface area contributed by atoms with Crippen molar-refractivity contribution in [2.75, 3.05) is 12.4 Å². The van der Waals surface area contributed by atoms with E-state index >= 15 is 0 Å². The van der Waals surface area contributed by atoms with E-state index in [9.17, 15) is 9.18 Å². The quantitative estimate of drug-likeness (QED) is 0.635. The number of methoxy groups -OCH3 is 1. The van der Waals surface area contributed by atoms with Crippen molar-refractivity contribution in [3.63, 3.8) is 0 Å². The maximum Gasteiger partial charge on any atom is 0.322 e. The Balaban J connectivity index is 1.49. The molecule has 1 fully saturated rings. The Morgan fingerprint density at radius 1 is 1.27 bits per heavy atom. The van der Waals surface area contributed by atoms with Gasteiger partial charge in [0.25, 0.3) is 0 Å². The molecule has 2 amide bonds. The van der Waals surface area contributed by atoms with Gasteiger partial charge in [0.15, 0.2) is 0 Å². The number of amides is 2. The van der Waals surface area contributed by atoms with E-state index in [1.165, 1.54) is 6.07 Å². The molecular weight excluding hydrogens is 383 g/mol. The molecule has 1 saturated carbocycles. The summed E-state index contributed by atoms with van der Waals surface area (Å²) in [5, 5.41) is 2.85. The van der Waals surface area contributed by atoms with Gasteiger partial charge in [-0.25, -0.2) is 14.2 Å². The summed E-state index contributed by atoms with van der Waals surface area (Å²) in [6.07, 6.45) is 5.28. The Kier molecular flexibility index (Phi) is 5.44. The molecule has 0 saturated heterocycles. The second kappa shape index (κ2) is 8.18. The fourth-order valence-corrected chi connectivity index (χ4v) is 3.45. The Morgan fingerprint density at radius 3 is 2.67 bits per heavy atom. The maximum absolute atomic E-state index is 14.6. The number of aryl methyl sites for hydroxylation is 2. The van der Waals surface area contributed by atoms with Crippen LogP contribution in [0, 0.1) is 19.7 Å². The number of rotatable bonds is 6. The monoisotopic (exact) mass is 408 g/mol. The molecular formula is C23H25FN4O2. The summed E-state index contributed by atoms with van der Waals surface area (Å²) < 4.78 is 21.5. The van der Waals surface area contributed by atoms with Gasteiger partial charge in [-0.3, -0.25) is 0 Å². The van der Waals surface area contributed by atoms with Crippen LogP contribution in [0.5, 0.6) is 5.75 Å². The smallest absolute Gasteiger partial charge is 0.322 e. The Hall–Kier alpha value is -3.35. The van der Waals surface area contributed by atoms with Crippen molar-refractivity contribution in [3.05, 3.63) is 71.6 Å². The molecule has 2 aromatic carbocycles. The Morgan fingerprint density at radius 2 is 2.07 bits per heavy atom. The van der Waals surface area contributed by atoms with E-state index in [2.05, 4.69) is 10.3 Å². The number of hydrogen-bond donors (Lipinski definition) is 1. The predicted molar refractivity (Wildman–Crippen MR) is 114 cm³/mol. The van der Waals surface area contributed by atoms with Crippen molar-refractivity contribution in [2.45, 2.75) is 39.3 Å². The van der Waals surface area contributed by atoms with E-state index in [-0.39, 0.29) is 12.1 Å². The number of imidazole rings is 1. The van der Waals surface area contributed by atoms with E-state index in [1.807, 2.05) is 36.9 Å². The summed E-state index contributed by atoms with van der Waals surface area (Å²) in [5.74, 6) is 0.372. The first-order valence-corrected chi connectivity index (χ1v) is 9.96. The highest BCUT2D eigenvalue weighted by Gasteiger charge is 2.33. The van der Waals surface area contributed by atoms with Crippen LogP contribution in [0.2, 0.25) is 0 Å². The fraction of sp³-hybridized carbons (Fsp3) is 0.304. The lowest BCUT2D eigenvalue weighted by Crippen LogP contribution is -2.36. The van der Waals surface area contributed by atoms with E-state index in [0.717, 1.165) is 35.4 Å². The molecule has 1 aliphatic rings. The summed E-state index contributed by atoms with van der Waals surface area (Å²) in [5.41, 5.74) is 3.76. The standard InChI is InChI=1S/C23H25FN4O2/c1-15-10-20(30-3)8-4-17(15)13-28(19-6-7-19)23(29)26-18-5-9-22(21(24)11-18)27-12-16(2)25-14-27/h4-5,8-12,14,19H,6-7,13H2,1-3H3,(H,26,29). The van der Waals surface area contributed by atoms with Crippen molar-refractivity contribution in [2.24, 2.45) is 0 Å². The molecule has 0 unspecified atom stereocenters. The predicted octanol–water partition coefficient (Wildman–Crippen LogP) is 4.83. The summed E-state index contributed by atoms with van der Waals surface area (Å²) in [6.45, 7) is 4.36. The molecule has 0 aliphatic heterocycles. The largest absolute Gasteiger partial charge is 0.497 e. The number of anilines is 1. The number of urea groups is 1. The van der Waals surface area contributed by atoms with Crippen LogP contribution in [-0.2, 0) is 6.54 Å². The average molecular weight is 408 g/mol. The molecule has 1 aromatic heterocycles. The van der Waals surface area contributed by atoms with Crippen LogP contribution in [0.1, 0.15) is 29.7 Å². The molecule has 4 rings (SSSR count). The van der Waals surface area contributed by atoms with Gasteiger partial charge in [0.2, 0.25) is 0 Å². The van der Waals surface area contributed by atoms with E-state index in [4.69, 9.17) is 4.74 Å². The van der Waals surface area contributed by atoms with Crippen molar-refractivity contribution in [3.8, 4) is 11.4 Å². The fourth-order valence-electron chi connectivity index (χ4n) is 3.45. The van der Waals surface area contributed by atoms with E-state index in [1.54, 1.807) is 36.3 Å². The first-order chi connectivity index (χ1) is 14.4. The maximum atomic E-state index is 14.6. The van der Waals surface area contributed by atoms with Crippen LogP contribution in [0.25, 0.3) is 5.69 Å². The lowest BCUT2D eigenvalue weighted by molar-refractivity contribution is 0.206. The van der Waals surface area contributed by atoms with E-state index < -0.39 is 5.82 Å². The highest BCUT2D eigenvalue weighted by molar-refractivity contribution is 5.90. The molecule has 0 atom stereocenters. The highest BCUT2D eigenvalue weighted by Crippen LogP contribution is 2.30. The number of ether oxygens (including phenoxy) is 1. The zero-order valence-corrected chi connectivity index (χ0v) is 17.4. The number of nitrogens with zero attached hydrogens (tertiary/aromatic N) is 3. The van der Waals surface area contributed by atoms with Crippen LogP contribution in [-0.4, -0.2) is 33.6 Å². The van der Waals surface area contributed by atoms with Crippen LogP contribution in [0.15, 0.2) is 48.9 Å². The zero-order chi connectivity index (χ0) is 21.3. The molecule has 0 spiro atoms. The van der Waals surface area contributed by atoms with Gasteiger partial charge in [-0.2, -0.15) is 0 Å². The number of nitrogens with one attached hydrogen (secondary N) is 1. The second-order valence-corrected chi connectivity index (χ2v) is 7.67. The molecule has 30 heavy (non-hydrogen) atoms. The van der Waals surface area contributed by atoms with Crippen molar-refractivity contribution >= 4 is 11.7 Å². The molecule has 1 N–H and O–H groups in total. The summed E-state index contributed by atoms with van der Waals surface area (Å²) in [6, 6.07) is 10.5. The SMILES string of the molecule is COc1ccc(CN(C(=O)Nc2ccc(-n3cnc(C)c3)c(F)c2)C2CC2)c(C)c1. The Labute approximate surface area is 175 Å². The molecule has 3 aromatic rings. The minimum absolute atomic E-state index is 0.213. The van der Waals surface area contributed by atoms with Crippen molar-refractivity contribution in [1.82, 2.24) is 14.5 Å². The number of carbonyl (C=O) groups excluding carboxylic acids is 1. The van der Waals surface area contributed by atoms with E-state index in [0.29, 0.717) is 17.9 Å². The number of aromatic nitrogens is 2. The van der Waals surface area contributed by atoms with Crippen molar-refractivity contribution in [1.29, 1.82) is 0 Å². The van der Waals surface area contributed by atoms with Gasteiger partial charge in [-0.15, -0.1) is 0 Å². The average Bonchev–Trinajstić information content (AvgIpc) is 3.47. The van der Waals surface area contributed by atoms with Crippen LogP contribution in [0.4, 0.5) is 14.9 Å². The van der Waals surface area contributed by atoms with Gasteiger partial charge in [-0.1, -0.05) is 6.07 Å². The molecule has 0 radical (unpaired) electrons. The van der Waals surface area contributed by atoms with Gasteiger partial charge in [0.05, 0.1) is 24.8 Å². The molecule has 1 aliphatic carbocycles. The van der Waals surface area contributed by atoms with Crippen LogP contribution >= 0.6 is 0 Å². The number of hydrogen-bond acceptors (Lipinski definition) is 3. The summed E-state index contributed by atoms with van der Waals surface area (Å²) in [4.78, 5) is 18.9. The molecule has 0 bridgehead atoms. The van der Waals surface area contributed by atoms with Crippen molar-refractivity contribution < 1.29 is 13.9 Å². The normalized spacial score (nSPS) is 13.2. The van der Waals surface area contributed by atoms with Gasteiger partial charge >= 0.3 is 6.03 Å². The number of benzene rings is 2. The molecule has 6 nitrogen and oxygen atoms in total. The number of carbonyl (C=O) groups is 1. The minimum atomic E-state index is -0.422. The number of halogens is 1. The third-order valence-electron chi connectivity index (χ3n) is 5.33. The zero-order valence-electron chi connectivity index (χ0n) is 17.4. The first kappa shape index (κ1) is 19.9. The highest BCUT2D eigenvalue weighted by atomic mass is 19.1. The Bertz CT molecular complexity index is 1070. The lowest BCUT2D eigenvalue weighted by Gasteiger charge is -2.24. The van der Waals surface area contributed by atoms with Crippen LogP contribution in [0.3, 0.4) is 0 Å². The van der Waals surface area contributed by atoms with Gasteiger partial charge in [0, 0.05) is 24.5 Å². The van der Waals surface area contributed by atoms with Gasteiger partial charge < -0.3 is 19.5 Å². The third kappa shape index (κ3) is 4.30. The molecule has 156 valence electrons. The third-order valence-corrected chi connectivity index (χ3v) is 5.33. The summed E-state index contributed by atoms with van der Waals surface area (Å²) in [7, 11) is 1.64. The van der Waals surface area contributed by atoms with Gasteiger partial charge in [-0.05, 0) is 68.1 Å². The van der Waals surface area contributed by atoms with Crippen LogP contribution < -0.4 is 10.1 Å². The topological polar surface area (TPSA) is 59.4 Å². The molecule has 1 heterocycles. The lowest BCUT2D eigenvalue weighted by atomic mass is 10.1. The minimum Gasteiger partial charge on any atom is -0.497 e. The molecule has 7 heteroatoms. The summed E-state index contributed by atoms with van der Waals surface area (Å²) >= 11 is 0. The first-order valence-electron chi connectivity index (χ1n) is 9.96.